The molecule has 2 N–H and O–H groups in total. The molecule has 2 heterocycles. The average molecular weight is 369 g/mol. The van der Waals surface area contributed by atoms with Crippen LogP contribution in [0.25, 0.3) is 0 Å². The summed E-state index contributed by atoms with van der Waals surface area (Å²) in [5.74, 6) is -0.659. The Kier molecular flexibility index (Phi) is 4.18. The fourth-order valence-corrected chi connectivity index (χ4v) is 3.56. The molecule has 0 bridgehead atoms. The molecule has 3 aromatic rings. The number of benzene rings is 2. The first-order valence-electron chi connectivity index (χ1n) is 7.69. The summed E-state index contributed by atoms with van der Waals surface area (Å²) in [7, 11) is 0. The molecular formula is C18H12FN3O3S. The summed E-state index contributed by atoms with van der Waals surface area (Å²) in [6.07, 6.45) is 2.80. The van der Waals surface area contributed by atoms with Gasteiger partial charge in [0.15, 0.2) is 6.39 Å². The summed E-state index contributed by atoms with van der Waals surface area (Å²) >= 11 is 1.15. The summed E-state index contributed by atoms with van der Waals surface area (Å²) in [4.78, 5) is 29.4. The molecule has 0 saturated heterocycles. The van der Waals surface area contributed by atoms with E-state index in [1.807, 2.05) is 0 Å². The highest BCUT2D eigenvalue weighted by Gasteiger charge is 2.23. The van der Waals surface area contributed by atoms with Crippen LogP contribution in [-0.4, -0.2) is 16.8 Å². The van der Waals surface area contributed by atoms with Crippen LogP contribution in [-0.2, 0) is 6.54 Å². The van der Waals surface area contributed by atoms with E-state index in [-0.39, 0.29) is 22.9 Å². The maximum atomic E-state index is 14.1. The SMILES string of the molecule is O=C(NCc1cnco1)c1ccc2c(c1)NC(=O)c1cccc(F)c1S2. The second kappa shape index (κ2) is 6.64. The molecular weight excluding hydrogens is 357 g/mol. The molecule has 0 atom stereocenters. The Balaban J connectivity index is 1.60. The Hall–Kier alpha value is -3.13. The summed E-state index contributed by atoms with van der Waals surface area (Å²) in [5, 5.41) is 5.44. The van der Waals surface area contributed by atoms with Crippen molar-refractivity contribution >= 4 is 29.3 Å². The largest absolute Gasteiger partial charge is 0.447 e. The van der Waals surface area contributed by atoms with Crippen molar-refractivity contribution in [3.63, 3.8) is 0 Å². The van der Waals surface area contributed by atoms with Gasteiger partial charge in [-0.3, -0.25) is 9.59 Å². The third-order valence-electron chi connectivity index (χ3n) is 3.82. The number of nitrogens with zero attached hydrogens (tertiary/aromatic N) is 1. The number of carbonyl (C=O) groups is 2. The van der Waals surface area contributed by atoms with Crippen molar-refractivity contribution in [1.29, 1.82) is 0 Å². The number of halogens is 1. The number of hydrogen-bond acceptors (Lipinski definition) is 5. The van der Waals surface area contributed by atoms with Crippen LogP contribution < -0.4 is 10.6 Å². The van der Waals surface area contributed by atoms with Crippen molar-refractivity contribution < 1.29 is 18.4 Å². The lowest BCUT2D eigenvalue weighted by Gasteiger charge is -2.09. The second-order valence-electron chi connectivity index (χ2n) is 5.53. The number of oxazole rings is 1. The Bertz CT molecular complexity index is 1000. The molecule has 0 radical (unpaired) electrons. The van der Waals surface area contributed by atoms with E-state index >= 15 is 0 Å². The van der Waals surface area contributed by atoms with Gasteiger partial charge in [-0.05, 0) is 30.3 Å². The normalized spacial score (nSPS) is 12.6. The van der Waals surface area contributed by atoms with E-state index in [0.717, 1.165) is 11.8 Å². The number of fused-ring (bicyclic) bond motifs is 2. The topological polar surface area (TPSA) is 84.2 Å². The minimum atomic E-state index is -0.454. The van der Waals surface area contributed by atoms with Crippen LogP contribution >= 0.6 is 11.8 Å². The molecule has 4 rings (SSSR count). The molecule has 0 aliphatic carbocycles. The molecule has 8 heteroatoms. The third-order valence-corrected chi connectivity index (χ3v) is 5.02. The van der Waals surface area contributed by atoms with Crippen LogP contribution in [0.15, 0.2) is 63.2 Å². The molecule has 2 amide bonds. The number of anilines is 1. The van der Waals surface area contributed by atoms with Gasteiger partial charge in [0.2, 0.25) is 0 Å². The number of hydrogen-bond donors (Lipinski definition) is 2. The highest BCUT2D eigenvalue weighted by atomic mass is 32.2. The smallest absolute Gasteiger partial charge is 0.256 e. The fraction of sp³-hybridized carbons (Fsp3) is 0.0556. The zero-order valence-electron chi connectivity index (χ0n) is 13.3. The predicted molar refractivity (Wildman–Crippen MR) is 92.6 cm³/mol. The summed E-state index contributed by atoms with van der Waals surface area (Å²) in [6, 6.07) is 9.25. The van der Waals surface area contributed by atoms with Gasteiger partial charge in [-0.25, -0.2) is 9.37 Å². The van der Waals surface area contributed by atoms with E-state index in [2.05, 4.69) is 15.6 Å². The molecule has 0 unspecified atom stereocenters. The number of aromatic nitrogens is 1. The van der Waals surface area contributed by atoms with Crippen molar-refractivity contribution in [3.8, 4) is 0 Å². The van der Waals surface area contributed by atoms with Gasteiger partial charge in [0.25, 0.3) is 11.8 Å². The summed E-state index contributed by atoms with van der Waals surface area (Å²) < 4.78 is 19.1. The van der Waals surface area contributed by atoms with Gasteiger partial charge in [0.1, 0.15) is 11.6 Å². The minimum Gasteiger partial charge on any atom is -0.447 e. The van der Waals surface area contributed by atoms with E-state index in [9.17, 15) is 14.0 Å². The first-order chi connectivity index (χ1) is 12.6. The summed E-state index contributed by atoms with van der Waals surface area (Å²) in [5.41, 5.74) is 1.10. The Morgan fingerprint density at radius 1 is 1.31 bits per heavy atom. The fourth-order valence-electron chi connectivity index (χ4n) is 2.55. The van der Waals surface area contributed by atoms with Gasteiger partial charge in [-0.1, -0.05) is 17.8 Å². The van der Waals surface area contributed by atoms with E-state index in [1.54, 1.807) is 24.3 Å². The first-order valence-corrected chi connectivity index (χ1v) is 8.51. The highest BCUT2D eigenvalue weighted by molar-refractivity contribution is 7.99. The zero-order chi connectivity index (χ0) is 18.1. The number of carbonyl (C=O) groups excluding carboxylic acids is 2. The van der Waals surface area contributed by atoms with Crippen LogP contribution in [0, 0.1) is 5.82 Å². The molecule has 1 aromatic heterocycles. The van der Waals surface area contributed by atoms with Crippen LogP contribution in [0.2, 0.25) is 0 Å². The van der Waals surface area contributed by atoms with E-state index < -0.39 is 11.7 Å². The van der Waals surface area contributed by atoms with Gasteiger partial charge < -0.3 is 15.1 Å². The lowest BCUT2D eigenvalue weighted by atomic mass is 10.1. The quantitative estimate of drug-likeness (QED) is 0.739. The van der Waals surface area contributed by atoms with Gasteiger partial charge in [-0.2, -0.15) is 0 Å². The van der Waals surface area contributed by atoms with Gasteiger partial charge in [0.05, 0.1) is 28.9 Å². The van der Waals surface area contributed by atoms with E-state index in [4.69, 9.17) is 4.42 Å². The molecule has 130 valence electrons. The number of rotatable bonds is 3. The molecule has 1 aliphatic heterocycles. The highest BCUT2D eigenvalue weighted by Crippen LogP contribution is 2.40. The van der Waals surface area contributed by atoms with Gasteiger partial charge in [0, 0.05) is 10.5 Å². The average Bonchev–Trinajstić information content (AvgIpc) is 3.11. The first kappa shape index (κ1) is 16.3. The third kappa shape index (κ3) is 3.06. The number of nitrogens with one attached hydrogen (secondary N) is 2. The summed E-state index contributed by atoms with van der Waals surface area (Å²) in [6.45, 7) is 0.202. The monoisotopic (exact) mass is 369 g/mol. The van der Waals surface area contributed by atoms with Crippen molar-refractivity contribution in [2.24, 2.45) is 0 Å². The Morgan fingerprint density at radius 2 is 2.19 bits per heavy atom. The van der Waals surface area contributed by atoms with Crippen LogP contribution in [0.5, 0.6) is 0 Å². The molecule has 1 aliphatic rings. The molecule has 0 spiro atoms. The Labute approximate surface area is 151 Å². The number of amides is 2. The molecule has 2 aromatic carbocycles. The predicted octanol–water partition coefficient (Wildman–Crippen LogP) is 3.46. The lowest BCUT2D eigenvalue weighted by molar-refractivity contribution is 0.0946. The minimum absolute atomic E-state index is 0.202. The van der Waals surface area contributed by atoms with Crippen LogP contribution in [0.1, 0.15) is 26.5 Å². The molecule has 0 saturated carbocycles. The van der Waals surface area contributed by atoms with E-state index in [0.29, 0.717) is 21.9 Å². The van der Waals surface area contributed by atoms with Gasteiger partial charge >= 0.3 is 0 Å². The van der Waals surface area contributed by atoms with Crippen molar-refractivity contribution in [2.75, 3.05) is 5.32 Å². The molecule has 0 fully saturated rings. The maximum Gasteiger partial charge on any atom is 0.256 e. The van der Waals surface area contributed by atoms with E-state index in [1.165, 1.54) is 24.7 Å². The lowest BCUT2D eigenvalue weighted by Crippen LogP contribution is -2.22. The van der Waals surface area contributed by atoms with Crippen molar-refractivity contribution in [1.82, 2.24) is 10.3 Å². The van der Waals surface area contributed by atoms with Crippen molar-refractivity contribution in [2.45, 2.75) is 16.3 Å². The second-order valence-corrected chi connectivity index (χ2v) is 6.59. The Morgan fingerprint density at radius 3 is 3.00 bits per heavy atom. The van der Waals surface area contributed by atoms with Crippen LogP contribution in [0.3, 0.4) is 0 Å². The standard InChI is InChI=1S/C18H12FN3O3S/c19-13-3-1-2-12-16(13)26-15-5-4-10(6-14(15)22-18(12)24)17(23)21-8-11-7-20-9-25-11/h1-7,9H,8H2,(H,21,23)(H,22,24). The zero-order valence-corrected chi connectivity index (χ0v) is 14.1. The van der Waals surface area contributed by atoms with Crippen LogP contribution in [0.4, 0.5) is 10.1 Å². The van der Waals surface area contributed by atoms with Gasteiger partial charge in [-0.15, -0.1) is 0 Å². The maximum absolute atomic E-state index is 14.1. The molecule has 26 heavy (non-hydrogen) atoms. The molecule has 6 nitrogen and oxygen atoms in total. The van der Waals surface area contributed by atoms with Crippen molar-refractivity contribution in [3.05, 3.63) is 71.7 Å².